The smallest absolute Gasteiger partial charge is 0.250 e. The second-order valence-electron chi connectivity index (χ2n) is 6.19. The first-order valence-electron chi connectivity index (χ1n) is 9.18. The molecule has 4 aromatic rings. The zero-order valence-corrected chi connectivity index (χ0v) is 17.7. The molecule has 0 aliphatic heterocycles. The van der Waals surface area contributed by atoms with Crippen LogP contribution in [0.1, 0.15) is 5.69 Å². The van der Waals surface area contributed by atoms with E-state index in [0.717, 1.165) is 11.3 Å². The molecule has 0 atom stereocenters. The van der Waals surface area contributed by atoms with Gasteiger partial charge in [-0.05, 0) is 48.5 Å². The fourth-order valence-electron chi connectivity index (χ4n) is 2.66. The Hall–Kier alpha value is -3.56. The van der Waals surface area contributed by atoms with Crippen LogP contribution in [-0.4, -0.2) is 42.6 Å². The summed E-state index contributed by atoms with van der Waals surface area (Å²) < 4.78 is 1.88. The van der Waals surface area contributed by atoms with Gasteiger partial charge in [-0.25, -0.2) is 5.43 Å². The van der Waals surface area contributed by atoms with Crippen LogP contribution < -0.4 is 5.43 Å². The SMILES string of the molecule is O=C(CSc1nnc(-c2ccncc2)n1-c1ccc(Cl)cc1)N/N=C/c1ccccn1. The Kier molecular flexibility index (Phi) is 6.65. The van der Waals surface area contributed by atoms with E-state index in [1.165, 1.54) is 18.0 Å². The van der Waals surface area contributed by atoms with Crippen molar-refractivity contribution >= 4 is 35.5 Å². The van der Waals surface area contributed by atoms with Gasteiger partial charge in [-0.1, -0.05) is 29.4 Å². The summed E-state index contributed by atoms with van der Waals surface area (Å²) in [4.78, 5) is 20.4. The Labute approximate surface area is 187 Å². The normalized spacial score (nSPS) is 11.0. The summed E-state index contributed by atoms with van der Waals surface area (Å²) >= 11 is 7.30. The van der Waals surface area contributed by atoms with Crippen molar-refractivity contribution in [3.63, 3.8) is 0 Å². The van der Waals surface area contributed by atoms with Crippen LogP contribution in [-0.2, 0) is 4.79 Å². The predicted molar refractivity (Wildman–Crippen MR) is 120 cm³/mol. The van der Waals surface area contributed by atoms with Crippen molar-refractivity contribution in [2.45, 2.75) is 5.16 Å². The van der Waals surface area contributed by atoms with E-state index in [-0.39, 0.29) is 11.7 Å². The van der Waals surface area contributed by atoms with E-state index < -0.39 is 0 Å². The molecular formula is C21H16ClN7OS. The molecule has 0 radical (unpaired) electrons. The van der Waals surface area contributed by atoms with Crippen molar-refractivity contribution in [3.05, 3.63) is 83.9 Å². The number of benzene rings is 1. The second kappa shape index (κ2) is 9.96. The molecule has 4 rings (SSSR count). The summed E-state index contributed by atoms with van der Waals surface area (Å²) in [7, 11) is 0. The molecule has 8 nitrogen and oxygen atoms in total. The highest BCUT2D eigenvalue weighted by atomic mass is 35.5. The van der Waals surface area contributed by atoms with Gasteiger partial charge in [0.05, 0.1) is 17.7 Å². The van der Waals surface area contributed by atoms with Crippen molar-refractivity contribution < 1.29 is 4.79 Å². The molecule has 1 amide bonds. The number of rotatable bonds is 7. The van der Waals surface area contributed by atoms with Crippen LogP contribution in [0.15, 0.2) is 83.4 Å². The van der Waals surface area contributed by atoms with Gasteiger partial charge in [-0.15, -0.1) is 10.2 Å². The number of halogens is 1. The number of amides is 1. The van der Waals surface area contributed by atoms with E-state index in [9.17, 15) is 4.79 Å². The van der Waals surface area contributed by atoms with Crippen LogP contribution in [0.4, 0.5) is 0 Å². The molecule has 10 heteroatoms. The molecule has 3 aromatic heterocycles. The number of carbonyl (C=O) groups is 1. The number of aromatic nitrogens is 5. The highest BCUT2D eigenvalue weighted by Crippen LogP contribution is 2.28. The zero-order valence-electron chi connectivity index (χ0n) is 16.1. The van der Waals surface area contributed by atoms with Gasteiger partial charge in [-0.3, -0.25) is 19.3 Å². The molecule has 154 valence electrons. The fraction of sp³-hybridized carbons (Fsp3) is 0.0476. The highest BCUT2D eigenvalue weighted by molar-refractivity contribution is 7.99. The minimum Gasteiger partial charge on any atom is -0.272 e. The molecule has 0 saturated carbocycles. The van der Waals surface area contributed by atoms with E-state index >= 15 is 0 Å². The zero-order chi connectivity index (χ0) is 21.5. The van der Waals surface area contributed by atoms with Gasteiger partial charge in [-0.2, -0.15) is 5.10 Å². The summed E-state index contributed by atoms with van der Waals surface area (Å²) in [5, 5.41) is 13.7. The van der Waals surface area contributed by atoms with Crippen molar-refractivity contribution in [1.82, 2.24) is 30.2 Å². The van der Waals surface area contributed by atoms with E-state index in [1.54, 1.807) is 36.8 Å². The molecule has 0 aliphatic rings. The third-order valence-corrected chi connectivity index (χ3v) is 5.24. The Morgan fingerprint density at radius 2 is 1.87 bits per heavy atom. The molecule has 0 saturated heterocycles. The fourth-order valence-corrected chi connectivity index (χ4v) is 3.53. The minimum absolute atomic E-state index is 0.113. The maximum absolute atomic E-state index is 12.2. The van der Waals surface area contributed by atoms with Crippen LogP contribution in [0.5, 0.6) is 0 Å². The van der Waals surface area contributed by atoms with Crippen molar-refractivity contribution in [3.8, 4) is 17.1 Å². The van der Waals surface area contributed by atoms with Crippen LogP contribution in [0.3, 0.4) is 0 Å². The summed E-state index contributed by atoms with van der Waals surface area (Å²) in [5.74, 6) is 0.482. The number of pyridine rings is 2. The lowest BCUT2D eigenvalue weighted by Crippen LogP contribution is -2.20. The van der Waals surface area contributed by atoms with E-state index in [0.29, 0.717) is 21.7 Å². The van der Waals surface area contributed by atoms with Crippen LogP contribution >= 0.6 is 23.4 Å². The molecule has 0 aliphatic carbocycles. The Balaban J connectivity index is 1.51. The van der Waals surface area contributed by atoms with Crippen molar-refractivity contribution in [1.29, 1.82) is 0 Å². The summed E-state index contributed by atoms with van der Waals surface area (Å²) in [6.07, 6.45) is 6.52. The number of thioether (sulfide) groups is 1. The van der Waals surface area contributed by atoms with Gasteiger partial charge < -0.3 is 0 Å². The Bertz CT molecular complexity index is 1180. The molecule has 3 heterocycles. The van der Waals surface area contributed by atoms with Crippen LogP contribution in [0.2, 0.25) is 5.02 Å². The highest BCUT2D eigenvalue weighted by Gasteiger charge is 2.17. The monoisotopic (exact) mass is 449 g/mol. The predicted octanol–water partition coefficient (Wildman–Crippen LogP) is 3.62. The third kappa shape index (κ3) is 5.33. The number of hydrogen-bond donors (Lipinski definition) is 1. The summed E-state index contributed by atoms with van der Waals surface area (Å²) in [6, 6.07) is 16.5. The molecule has 0 bridgehead atoms. The van der Waals surface area contributed by atoms with E-state index in [2.05, 4.69) is 30.7 Å². The number of nitrogens with zero attached hydrogens (tertiary/aromatic N) is 6. The standard InChI is InChI=1S/C21H16ClN7OS/c22-16-4-6-18(7-5-16)29-20(15-8-11-23-12-9-15)27-28-21(29)31-14-19(30)26-25-13-17-3-1-2-10-24-17/h1-13H,14H2,(H,26,30)/b25-13+. The molecule has 1 N–H and O–H groups in total. The molecule has 0 fully saturated rings. The number of nitrogens with one attached hydrogen (secondary N) is 1. The van der Waals surface area contributed by atoms with Gasteiger partial charge >= 0.3 is 0 Å². The first-order chi connectivity index (χ1) is 15.2. The number of hydrazone groups is 1. The quantitative estimate of drug-likeness (QED) is 0.263. The first kappa shape index (κ1) is 20.7. The van der Waals surface area contributed by atoms with Gasteiger partial charge in [0.25, 0.3) is 5.91 Å². The largest absolute Gasteiger partial charge is 0.272 e. The average molecular weight is 450 g/mol. The second-order valence-corrected chi connectivity index (χ2v) is 7.57. The van der Waals surface area contributed by atoms with Crippen molar-refractivity contribution in [2.75, 3.05) is 5.75 Å². The average Bonchev–Trinajstić information content (AvgIpc) is 3.23. The van der Waals surface area contributed by atoms with Gasteiger partial charge in [0.2, 0.25) is 0 Å². The summed E-state index contributed by atoms with van der Waals surface area (Å²) in [6.45, 7) is 0. The van der Waals surface area contributed by atoms with Crippen LogP contribution in [0, 0.1) is 0 Å². The lowest BCUT2D eigenvalue weighted by Gasteiger charge is -2.10. The van der Waals surface area contributed by atoms with Crippen LogP contribution in [0.25, 0.3) is 17.1 Å². The van der Waals surface area contributed by atoms with Gasteiger partial charge in [0, 0.05) is 34.9 Å². The molecule has 0 spiro atoms. The minimum atomic E-state index is -0.270. The Morgan fingerprint density at radius 3 is 2.61 bits per heavy atom. The first-order valence-corrected chi connectivity index (χ1v) is 10.5. The molecule has 31 heavy (non-hydrogen) atoms. The lowest BCUT2D eigenvalue weighted by molar-refractivity contribution is -0.118. The molecule has 0 unspecified atom stereocenters. The lowest BCUT2D eigenvalue weighted by atomic mass is 10.2. The van der Waals surface area contributed by atoms with E-state index in [1.807, 2.05) is 41.0 Å². The number of carbonyl (C=O) groups excluding carboxylic acids is 1. The maximum Gasteiger partial charge on any atom is 0.250 e. The Morgan fingerprint density at radius 1 is 1.06 bits per heavy atom. The van der Waals surface area contributed by atoms with E-state index in [4.69, 9.17) is 11.6 Å². The molecular weight excluding hydrogens is 434 g/mol. The third-order valence-electron chi connectivity index (χ3n) is 4.06. The topological polar surface area (TPSA) is 98.0 Å². The van der Waals surface area contributed by atoms with Gasteiger partial charge in [0.15, 0.2) is 11.0 Å². The summed E-state index contributed by atoms with van der Waals surface area (Å²) in [5.41, 5.74) is 4.83. The number of hydrogen-bond acceptors (Lipinski definition) is 7. The van der Waals surface area contributed by atoms with Crippen molar-refractivity contribution in [2.24, 2.45) is 5.10 Å². The molecule has 1 aromatic carbocycles. The van der Waals surface area contributed by atoms with Gasteiger partial charge in [0.1, 0.15) is 0 Å². The maximum atomic E-state index is 12.2.